The number of hydrogen-bond donors (Lipinski definition) is 1. The highest BCUT2D eigenvalue weighted by atomic mass is 32.2. The van der Waals surface area contributed by atoms with Crippen LogP contribution in [0.15, 0.2) is 52.1 Å². The molecule has 0 spiro atoms. The van der Waals surface area contributed by atoms with Gasteiger partial charge in [0, 0.05) is 0 Å². The lowest BCUT2D eigenvalue weighted by atomic mass is 10.2. The Balaban J connectivity index is 1.34. The van der Waals surface area contributed by atoms with Crippen molar-refractivity contribution in [2.75, 3.05) is 24.8 Å². The fraction of sp³-hybridized carbons (Fsp3) is 0.250. The Morgan fingerprint density at radius 2 is 2.07 bits per heavy atom. The summed E-state index contributed by atoms with van der Waals surface area (Å²) in [5.74, 6) is 2.13. The van der Waals surface area contributed by atoms with Crippen molar-refractivity contribution in [3.05, 3.63) is 53.9 Å². The minimum atomic E-state index is -0.489. The van der Waals surface area contributed by atoms with Crippen LogP contribution in [0.4, 0.5) is 5.69 Å². The predicted octanol–water partition coefficient (Wildman–Crippen LogP) is 3.63. The molecular weight excluding hydrogens is 394 g/mol. The van der Waals surface area contributed by atoms with E-state index in [-0.39, 0.29) is 23.5 Å². The van der Waals surface area contributed by atoms with Crippen molar-refractivity contribution >= 4 is 23.4 Å². The summed E-state index contributed by atoms with van der Waals surface area (Å²) in [7, 11) is 1.56. The lowest BCUT2D eigenvalue weighted by Gasteiger charge is -2.23. The van der Waals surface area contributed by atoms with Crippen molar-refractivity contribution in [1.29, 1.82) is 0 Å². The Morgan fingerprint density at radius 1 is 1.24 bits per heavy atom. The summed E-state index contributed by atoms with van der Waals surface area (Å²) in [5.41, 5.74) is 1.64. The number of benzene rings is 2. The number of aromatic nitrogens is 2. The summed E-state index contributed by atoms with van der Waals surface area (Å²) in [4.78, 5) is 12.3. The second-order valence-corrected chi connectivity index (χ2v) is 7.24. The van der Waals surface area contributed by atoms with Gasteiger partial charge in [-0.2, -0.15) is 0 Å². The zero-order valence-electron chi connectivity index (χ0n) is 15.9. The fourth-order valence-corrected chi connectivity index (χ4v) is 3.35. The van der Waals surface area contributed by atoms with Gasteiger partial charge in [0.2, 0.25) is 12.0 Å². The maximum absolute atomic E-state index is 12.3. The van der Waals surface area contributed by atoms with E-state index in [0.29, 0.717) is 28.8 Å². The third kappa shape index (κ3) is 4.45. The lowest BCUT2D eigenvalue weighted by molar-refractivity contribution is -0.113. The zero-order chi connectivity index (χ0) is 20.2. The molecule has 0 fully saturated rings. The number of aryl methyl sites for hydroxylation is 1. The van der Waals surface area contributed by atoms with Crippen molar-refractivity contribution in [3.63, 3.8) is 0 Å². The topological polar surface area (TPSA) is 95.7 Å². The average Bonchev–Trinajstić information content (AvgIpc) is 3.21. The number of rotatable bonds is 6. The van der Waals surface area contributed by atoms with Gasteiger partial charge in [0.15, 0.2) is 11.5 Å². The maximum Gasteiger partial charge on any atom is 0.277 e. The fourth-order valence-electron chi connectivity index (χ4n) is 2.78. The van der Waals surface area contributed by atoms with Crippen LogP contribution in [0.2, 0.25) is 0 Å². The van der Waals surface area contributed by atoms with Crippen LogP contribution in [0.1, 0.15) is 17.6 Å². The molecule has 1 aromatic heterocycles. The van der Waals surface area contributed by atoms with E-state index in [0.717, 1.165) is 17.3 Å². The van der Waals surface area contributed by atoms with E-state index < -0.39 is 6.10 Å². The molecule has 1 aliphatic heterocycles. The van der Waals surface area contributed by atoms with E-state index in [1.54, 1.807) is 7.11 Å². The molecule has 0 saturated heterocycles. The molecule has 1 aliphatic rings. The first-order valence-corrected chi connectivity index (χ1v) is 9.90. The average molecular weight is 413 g/mol. The smallest absolute Gasteiger partial charge is 0.277 e. The molecule has 9 heteroatoms. The highest BCUT2D eigenvalue weighted by Crippen LogP contribution is 2.36. The van der Waals surface area contributed by atoms with Gasteiger partial charge in [0.25, 0.3) is 11.1 Å². The third-order valence-corrected chi connectivity index (χ3v) is 4.98. The lowest BCUT2D eigenvalue weighted by Crippen LogP contribution is -2.21. The molecule has 1 N–H and O–H groups in total. The van der Waals surface area contributed by atoms with Crippen LogP contribution in [-0.4, -0.2) is 35.6 Å². The van der Waals surface area contributed by atoms with E-state index in [1.165, 1.54) is 0 Å². The largest absolute Gasteiger partial charge is 0.495 e. The highest BCUT2D eigenvalue weighted by molar-refractivity contribution is 7.99. The Hall–Kier alpha value is -3.20. The molecule has 3 aromatic rings. The number of ether oxygens (including phenoxy) is 3. The minimum absolute atomic E-state index is 0.115. The van der Waals surface area contributed by atoms with Gasteiger partial charge < -0.3 is 23.9 Å². The summed E-state index contributed by atoms with van der Waals surface area (Å²) in [6.45, 7) is 2.22. The molecule has 0 radical (unpaired) electrons. The first-order valence-electron chi connectivity index (χ1n) is 8.91. The monoisotopic (exact) mass is 413 g/mol. The van der Waals surface area contributed by atoms with E-state index in [9.17, 15) is 4.79 Å². The van der Waals surface area contributed by atoms with Crippen molar-refractivity contribution in [3.8, 4) is 17.2 Å². The predicted molar refractivity (Wildman–Crippen MR) is 107 cm³/mol. The normalized spacial score (nSPS) is 15.0. The Bertz CT molecular complexity index is 1020. The molecule has 0 aliphatic carbocycles. The first kappa shape index (κ1) is 19.1. The van der Waals surface area contributed by atoms with Crippen molar-refractivity contribution in [2.45, 2.75) is 18.3 Å². The standard InChI is InChI=1S/C20H19N3O5S/c1-12-7-8-14(25-2)13(9-12)21-18(24)11-29-20-23-22-19(28-20)17-10-26-15-5-3-4-6-16(15)27-17/h3-9,17H,10-11H2,1-2H3,(H,21,24)/t17-/m1/s1. The SMILES string of the molecule is COc1ccc(C)cc1NC(=O)CSc1nnc([C@H]2COc3ccccc3O2)o1. The van der Waals surface area contributed by atoms with Crippen LogP contribution in [0.3, 0.4) is 0 Å². The number of nitrogens with one attached hydrogen (secondary N) is 1. The molecule has 2 heterocycles. The van der Waals surface area contributed by atoms with Crippen LogP contribution in [0, 0.1) is 6.92 Å². The van der Waals surface area contributed by atoms with E-state index in [4.69, 9.17) is 18.6 Å². The number of anilines is 1. The van der Waals surface area contributed by atoms with Gasteiger partial charge >= 0.3 is 0 Å². The number of nitrogens with zero attached hydrogens (tertiary/aromatic N) is 2. The van der Waals surface area contributed by atoms with Crippen LogP contribution in [0.25, 0.3) is 0 Å². The number of para-hydroxylation sites is 2. The quantitative estimate of drug-likeness (QED) is 0.612. The van der Waals surface area contributed by atoms with Crippen LogP contribution >= 0.6 is 11.8 Å². The molecule has 0 unspecified atom stereocenters. The Morgan fingerprint density at radius 3 is 2.90 bits per heavy atom. The maximum atomic E-state index is 12.3. The van der Waals surface area contributed by atoms with Crippen LogP contribution in [0.5, 0.6) is 17.2 Å². The molecular formula is C20H19N3O5S. The number of amides is 1. The van der Waals surface area contributed by atoms with Gasteiger partial charge in [0.1, 0.15) is 12.4 Å². The second-order valence-electron chi connectivity index (χ2n) is 6.31. The van der Waals surface area contributed by atoms with E-state index in [1.807, 2.05) is 49.4 Å². The molecule has 4 rings (SSSR count). The minimum Gasteiger partial charge on any atom is -0.495 e. The van der Waals surface area contributed by atoms with E-state index >= 15 is 0 Å². The first-order chi connectivity index (χ1) is 14.1. The number of methoxy groups -OCH3 is 1. The molecule has 0 saturated carbocycles. The number of carbonyl (C=O) groups is 1. The van der Waals surface area contributed by atoms with Gasteiger partial charge in [-0.15, -0.1) is 10.2 Å². The van der Waals surface area contributed by atoms with Gasteiger partial charge in [-0.1, -0.05) is 30.0 Å². The van der Waals surface area contributed by atoms with Crippen LogP contribution < -0.4 is 19.5 Å². The number of fused-ring (bicyclic) bond motifs is 1. The van der Waals surface area contributed by atoms with Gasteiger partial charge in [-0.25, -0.2) is 0 Å². The summed E-state index contributed by atoms with van der Waals surface area (Å²) >= 11 is 1.15. The molecule has 0 bridgehead atoms. The summed E-state index contributed by atoms with van der Waals surface area (Å²) in [6, 6.07) is 13.0. The van der Waals surface area contributed by atoms with Crippen LogP contribution in [-0.2, 0) is 4.79 Å². The Kier molecular flexibility index (Phi) is 5.57. The number of carbonyl (C=O) groups excluding carboxylic acids is 1. The van der Waals surface area contributed by atoms with Crippen molar-refractivity contribution in [2.24, 2.45) is 0 Å². The summed E-state index contributed by atoms with van der Waals surface area (Å²) in [5, 5.41) is 11.1. The van der Waals surface area contributed by atoms with Gasteiger partial charge in [-0.3, -0.25) is 4.79 Å². The second kappa shape index (κ2) is 8.44. The number of hydrogen-bond acceptors (Lipinski definition) is 8. The summed E-state index contributed by atoms with van der Waals surface area (Å²) in [6.07, 6.45) is -0.489. The third-order valence-electron chi connectivity index (χ3n) is 4.16. The molecule has 2 aromatic carbocycles. The van der Waals surface area contributed by atoms with E-state index in [2.05, 4.69) is 15.5 Å². The molecule has 1 amide bonds. The molecule has 1 atom stereocenters. The zero-order valence-corrected chi connectivity index (χ0v) is 16.7. The summed E-state index contributed by atoms with van der Waals surface area (Å²) < 4.78 is 22.4. The van der Waals surface area contributed by atoms with Gasteiger partial charge in [0.05, 0.1) is 18.6 Å². The van der Waals surface area contributed by atoms with Gasteiger partial charge in [-0.05, 0) is 36.8 Å². The Labute approximate surface area is 171 Å². The van der Waals surface area contributed by atoms with Crippen molar-refractivity contribution < 1.29 is 23.4 Å². The molecule has 150 valence electrons. The number of thioether (sulfide) groups is 1. The molecule has 8 nitrogen and oxygen atoms in total. The van der Waals surface area contributed by atoms with Crippen molar-refractivity contribution in [1.82, 2.24) is 10.2 Å². The molecule has 29 heavy (non-hydrogen) atoms. The highest BCUT2D eigenvalue weighted by Gasteiger charge is 2.27.